The highest BCUT2D eigenvalue weighted by Gasteiger charge is 2.35. The second-order valence-electron chi connectivity index (χ2n) is 11.0. The van der Waals surface area contributed by atoms with Crippen molar-refractivity contribution in [2.24, 2.45) is 0 Å². The van der Waals surface area contributed by atoms with Gasteiger partial charge in [-0.3, -0.25) is 4.79 Å². The van der Waals surface area contributed by atoms with Gasteiger partial charge in [0, 0.05) is 17.3 Å². The van der Waals surface area contributed by atoms with Crippen molar-refractivity contribution >= 4 is 26.5 Å². The molecule has 0 aliphatic rings. The minimum absolute atomic E-state index is 0.0191. The van der Waals surface area contributed by atoms with Gasteiger partial charge in [-0.15, -0.1) is 0 Å². The van der Waals surface area contributed by atoms with Gasteiger partial charge in [0.25, 0.3) is 0 Å². The molecule has 0 saturated carbocycles. The summed E-state index contributed by atoms with van der Waals surface area (Å²) in [5, 5.41) is 1.44. The monoisotopic (exact) mass is 604 g/mol. The Labute approximate surface area is 249 Å². The highest BCUT2D eigenvalue weighted by atomic mass is 32.2. The molecule has 1 atom stereocenters. The standard InChI is InChI=1S/C34H31F3N2O3S/c1-23(40)33(2,3)28-11-6-10-27(20-28)25-16-14-24(15-17-25)21-39(22-29-18-19-32(42-29)34(35,36)37)43(38,41)31-13-7-9-26-8-4-5-12-30(26)31/h4-20,38H,21-22H2,1-3H3. The number of alkyl halides is 3. The molecule has 0 bridgehead atoms. The fourth-order valence-electron chi connectivity index (χ4n) is 4.90. The molecule has 0 aliphatic heterocycles. The van der Waals surface area contributed by atoms with Gasteiger partial charge in [0.15, 0.2) is 0 Å². The van der Waals surface area contributed by atoms with Crippen molar-refractivity contribution in [1.82, 2.24) is 4.31 Å². The Balaban J connectivity index is 1.49. The second-order valence-corrected chi connectivity index (χ2v) is 13.0. The number of rotatable bonds is 9. The van der Waals surface area contributed by atoms with E-state index in [4.69, 9.17) is 9.20 Å². The third-order valence-electron chi connectivity index (χ3n) is 7.80. The van der Waals surface area contributed by atoms with Gasteiger partial charge in [0.2, 0.25) is 5.76 Å². The van der Waals surface area contributed by atoms with Crippen LogP contribution in [0.25, 0.3) is 21.9 Å². The van der Waals surface area contributed by atoms with E-state index in [9.17, 15) is 22.2 Å². The van der Waals surface area contributed by atoms with E-state index in [0.717, 1.165) is 28.1 Å². The van der Waals surface area contributed by atoms with Gasteiger partial charge in [-0.25, -0.2) is 13.3 Å². The van der Waals surface area contributed by atoms with Crippen LogP contribution in [0.15, 0.2) is 112 Å². The van der Waals surface area contributed by atoms with E-state index in [1.165, 1.54) is 10.4 Å². The van der Waals surface area contributed by atoms with Crippen molar-refractivity contribution in [3.05, 3.63) is 126 Å². The summed E-state index contributed by atoms with van der Waals surface area (Å²) in [4.78, 5) is 12.5. The summed E-state index contributed by atoms with van der Waals surface area (Å²) in [7, 11) is -3.68. The molecule has 4 aromatic carbocycles. The van der Waals surface area contributed by atoms with Crippen LogP contribution in [0.4, 0.5) is 13.2 Å². The molecule has 1 N–H and O–H groups in total. The highest BCUT2D eigenvalue weighted by Crippen LogP contribution is 2.34. The van der Waals surface area contributed by atoms with Gasteiger partial charge in [-0.2, -0.15) is 13.2 Å². The fraction of sp³-hybridized carbons (Fsp3) is 0.206. The molecule has 0 fully saturated rings. The van der Waals surface area contributed by atoms with Crippen LogP contribution >= 0.6 is 0 Å². The van der Waals surface area contributed by atoms with Gasteiger partial charge < -0.3 is 4.42 Å². The largest absolute Gasteiger partial charge is 0.455 e. The maximum absolute atomic E-state index is 14.3. The Bertz CT molecular complexity index is 1890. The molecule has 0 aliphatic carbocycles. The molecule has 43 heavy (non-hydrogen) atoms. The van der Waals surface area contributed by atoms with E-state index >= 15 is 0 Å². The van der Waals surface area contributed by atoms with Crippen LogP contribution in [-0.4, -0.2) is 14.3 Å². The third kappa shape index (κ3) is 6.28. The van der Waals surface area contributed by atoms with Crippen molar-refractivity contribution in [3.63, 3.8) is 0 Å². The van der Waals surface area contributed by atoms with Crippen molar-refractivity contribution in [2.45, 2.75) is 50.3 Å². The molecule has 9 heteroatoms. The first-order valence-corrected chi connectivity index (χ1v) is 15.2. The van der Waals surface area contributed by atoms with E-state index in [-0.39, 0.29) is 29.5 Å². The number of benzene rings is 4. The molecule has 0 spiro atoms. The number of Topliss-reactive ketones (excluding diaryl/α,β-unsaturated/α-hetero) is 1. The lowest BCUT2D eigenvalue weighted by Gasteiger charge is -2.25. The number of nitrogens with zero attached hydrogens (tertiary/aromatic N) is 1. The average molecular weight is 605 g/mol. The van der Waals surface area contributed by atoms with Gasteiger partial charge in [0.1, 0.15) is 21.5 Å². The van der Waals surface area contributed by atoms with Gasteiger partial charge in [-0.05, 0) is 66.6 Å². The van der Waals surface area contributed by atoms with Crippen LogP contribution in [0.1, 0.15) is 43.4 Å². The number of ketones is 1. The lowest BCUT2D eigenvalue weighted by molar-refractivity contribution is -0.153. The first-order valence-electron chi connectivity index (χ1n) is 13.7. The fourth-order valence-corrected chi connectivity index (χ4v) is 6.56. The van der Waals surface area contributed by atoms with Crippen molar-refractivity contribution in [1.29, 1.82) is 4.78 Å². The zero-order chi connectivity index (χ0) is 31.0. The predicted octanol–water partition coefficient (Wildman–Crippen LogP) is 9.01. The quantitative estimate of drug-likeness (QED) is 0.182. The summed E-state index contributed by atoms with van der Waals surface area (Å²) in [6, 6.07) is 29.7. The summed E-state index contributed by atoms with van der Waals surface area (Å²) >= 11 is 0. The van der Waals surface area contributed by atoms with Crippen LogP contribution in [0, 0.1) is 4.78 Å². The number of nitrogens with one attached hydrogen (secondary N) is 1. The van der Waals surface area contributed by atoms with E-state index in [2.05, 4.69) is 0 Å². The van der Waals surface area contributed by atoms with Crippen LogP contribution in [-0.2, 0) is 39.4 Å². The lowest BCUT2D eigenvalue weighted by Crippen LogP contribution is -2.29. The van der Waals surface area contributed by atoms with Crippen LogP contribution in [0.2, 0.25) is 0 Å². The van der Waals surface area contributed by atoms with Gasteiger partial charge in [0.05, 0.1) is 11.4 Å². The maximum Gasteiger partial charge on any atom is 0.449 e. The van der Waals surface area contributed by atoms with Crippen molar-refractivity contribution in [2.75, 3.05) is 0 Å². The number of hydrogen-bond donors (Lipinski definition) is 1. The summed E-state index contributed by atoms with van der Waals surface area (Å²) in [5.41, 5.74) is 2.80. The first kappa shape index (κ1) is 30.3. The number of fused-ring (bicyclic) bond motifs is 1. The minimum atomic E-state index is -4.66. The molecule has 5 aromatic rings. The van der Waals surface area contributed by atoms with E-state index in [1.807, 2.05) is 80.6 Å². The van der Waals surface area contributed by atoms with Crippen molar-refractivity contribution < 1.29 is 26.6 Å². The Kier molecular flexibility index (Phi) is 8.07. The molecule has 0 saturated heterocycles. The Hall–Kier alpha value is -4.21. The Morgan fingerprint density at radius 3 is 2.19 bits per heavy atom. The Morgan fingerprint density at radius 2 is 1.51 bits per heavy atom. The number of halogens is 3. The van der Waals surface area contributed by atoms with E-state index in [1.54, 1.807) is 31.2 Å². The third-order valence-corrected chi connectivity index (χ3v) is 9.73. The van der Waals surface area contributed by atoms with Gasteiger partial charge >= 0.3 is 6.18 Å². The maximum atomic E-state index is 14.3. The molecule has 5 rings (SSSR count). The van der Waals surface area contributed by atoms with Crippen molar-refractivity contribution in [3.8, 4) is 11.1 Å². The highest BCUT2D eigenvalue weighted by molar-refractivity contribution is 7.90. The number of hydrogen-bond acceptors (Lipinski definition) is 4. The molecular weight excluding hydrogens is 573 g/mol. The van der Waals surface area contributed by atoms with Crippen LogP contribution < -0.4 is 0 Å². The predicted molar refractivity (Wildman–Crippen MR) is 162 cm³/mol. The topological polar surface area (TPSA) is 74.4 Å². The zero-order valence-corrected chi connectivity index (χ0v) is 24.8. The van der Waals surface area contributed by atoms with Crippen LogP contribution in [0.5, 0.6) is 0 Å². The smallest absolute Gasteiger partial charge is 0.449 e. The lowest BCUT2D eigenvalue weighted by atomic mass is 9.80. The molecule has 0 amide bonds. The number of furan rings is 1. The normalized spacial score (nSPS) is 13.7. The SMILES string of the molecule is CC(=O)C(C)(C)c1cccc(-c2ccc(CN(Cc3ccc(C(F)(F)F)o3)S(=N)(=O)c3cccc4ccccc34)cc2)c1. The average Bonchev–Trinajstić information content (AvgIpc) is 3.46. The number of carbonyl (C=O) groups is 1. The summed E-state index contributed by atoms with van der Waals surface area (Å²) in [6.45, 7) is 5.09. The molecule has 5 nitrogen and oxygen atoms in total. The van der Waals surface area contributed by atoms with Gasteiger partial charge in [-0.1, -0.05) is 84.9 Å². The van der Waals surface area contributed by atoms with E-state index in [0.29, 0.717) is 10.9 Å². The number of carbonyl (C=O) groups excluding carboxylic acids is 1. The molecular formula is C34H31F3N2O3S. The molecule has 1 heterocycles. The zero-order valence-electron chi connectivity index (χ0n) is 23.9. The summed E-state index contributed by atoms with van der Waals surface area (Å²) in [5.74, 6) is -1.14. The molecule has 0 radical (unpaired) electrons. The molecule has 1 aromatic heterocycles. The minimum Gasteiger partial charge on any atom is -0.455 e. The molecule has 1 unspecified atom stereocenters. The summed E-state index contributed by atoms with van der Waals surface area (Å²) in [6.07, 6.45) is -4.66. The van der Waals surface area contributed by atoms with Crippen LogP contribution in [0.3, 0.4) is 0 Å². The second kappa shape index (κ2) is 11.5. The summed E-state index contributed by atoms with van der Waals surface area (Å²) < 4.78 is 69.5. The Morgan fingerprint density at radius 1 is 0.837 bits per heavy atom. The van der Waals surface area contributed by atoms with E-state index < -0.39 is 27.3 Å². The molecule has 222 valence electrons. The first-order chi connectivity index (χ1) is 20.3.